The van der Waals surface area contributed by atoms with Gasteiger partial charge in [-0.15, -0.1) is 10.2 Å². The Labute approximate surface area is 189 Å². The Morgan fingerprint density at radius 2 is 1.88 bits per heavy atom. The second-order valence-corrected chi connectivity index (χ2v) is 10.2. The summed E-state index contributed by atoms with van der Waals surface area (Å²) in [7, 11) is -2.18. The summed E-state index contributed by atoms with van der Waals surface area (Å²) in [5.74, 6) is -0.249. The van der Waals surface area contributed by atoms with Gasteiger partial charge in [-0.3, -0.25) is 4.79 Å². The number of nitrogens with one attached hydrogen (secondary N) is 1. The van der Waals surface area contributed by atoms with E-state index in [4.69, 9.17) is 4.74 Å². The maximum absolute atomic E-state index is 13.5. The molecule has 0 radical (unpaired) electrons. The monoisotopic (exact) mass is 476 g/mol. The Balaban J connectivity index is 1.37. The molecule has 0 spiro atoms. The van der Waals surface area contributed by atoms with Crippen LogP contribution in [-0.4, -0.2) is 49.0 Å². The molecule has 32 heavy (non-hydrogen) atoms. The van der Waals surface area contributed by atoms with E-state index in [0.717, 1.165) is 6.07 Å². The molecule has 0 atom stereocenters. The van der Waals surface area contributed by atoms with E-state index in [1.807, 2.05) is 0 Å². The molecule has 0 bridgehead atoms. The van der Waals surface area contributed by atoms with Crippen molar-refractivity contribution in [1.82, 2.24) is 14.5 Å². The first-order valence-corrected chi connectivity index (χ1v) is 12.2. The minimum atomic E-state index is -3.75. The molecule has 2 aromatic carbocycles. The van der Waals surface area contributed by atoms with Crippen LogP contribution >= 0.6 is 11.3 Å². The average molecular weight is 477 g/mol. The van der Waals surface area contributed by atoms with Crippen molar-refractivity contribution in [3.8, 4) is 5.75 Å². The smallest absolute Gasteiger partial charge is 0.286 e. The van der Waals surface area contributed by atoms with Gasteiger partial charge in [-0.05, 0) is 55.3 Å². The van der Waals surface area contributed by atoms with Gasteiger partial charge in [0.15, 0.2) is 0 Å². The third kappa shape index (κ3) is 4.79. The number of aromatic nitrogens is 2. The number of ether oxygens (including phenoxy) is 1. The van der Waals surface area contributed by atoms with Gasteiger partial charge < -0.3 is 10.1 Å². The highest BCUT2D eigenvalue weighted by Gasteiger charge is 2.32. The van der Waals surface area contributed by atoms with Crippen molar-refractivity contribution >= 4 is 33.0 Å². The summed E-state index contributed by atoms with van der Waals surface area (Å²) in [5, 5.41) is 11.9. The van der Waals surface area contributed by atoms with Crippen molar-refractivity contribution in [1.29, 1.82) is 0 Å². The number of halogens is 1. The third-order valence-electron chi connectivity index (χ3n) is 5.22. The van der Waals surface area contributed by atoms with Crippen LogP contribution in [0.1, 0.15) is 33.6 Å². The molecule has 1 amide bonds. The predicted molar refractivity (Wildman–Crippen MR) is 118 cm³/mol. The first-order valence-electron chi connectivity index (χ1n) is 9.91. The molecule has 0 aliphatic carbocycles. The number of sulfonamides is 1. The standard InChI is InChI=1S/C21H21FN4O4S2/c1-30-17-7-5-16(6-8-17)23-19(27)21-25-24-20(31-21)14-9-11-26(12-10-14)32(28,29)18-4-2-3-15(22)13-18/h2-8,13-14H,9-12H2,1H3,(H,23,27). The van der Waals surface area contributed by atoms with E-state index in [2.05, 4.69) is 15.5 Å². The molecule has 4 rings (SSSR count). The molecular weight excluding hydrogens is 455 g/mol. The Hall–Kier alpha value is -2.89. The van der Waals surface area contributed by atoms with Gasteiger partial charge in [-0.25, -0.2) is 12.8 Å². The van der Waals surface area contributed by atoms with Gasteiger partial charge in [0.25, 0.3) is 5.91 Å². The van der Waals surface area contributed by atoms with Crippen molar-refractivity contribution in [2.75, 3.05) is 25.5 Å². The van der Waals surface area contributed by atoms with Gasteiger partial charge in [-0.1, -0.05) is 17.4 Å². The van der Waals surface area contributed by atoms with E-state index < -0.39 is 15.8 Å². The van der Waals surface area contributed by atoms with Crippen molar-refractivity contribution in [2.45, 2.75) is 23.7 Å². The lowest BCUT2D eigenvalue weighted by molar-refractivity contribution is 0.102. The van der Waals surface area contributed by atoms with Crippen LogP contribution in [0.2, 0.25) is 0 Å². The molecule has 8 nitrogen and oxygen atoms in total. The highest BCUT2D eigenvalue weighted by Crippen LogP contribution is 2.32. The predicted octanol–water partition coefficient (Wildman–Crippen LogP) is 3.51. The number of carbonyl (C=O) groups is 1. The fourth-order valence-corrected chi connectivity index (χ4v) is 5.88. The van der Waals surface area contributed by atoms with E-state index in [9.17, 15) is 17.6 Å². The Bertz CT molecular complexity index is 1210. The molecule has 168 valence electrons. The van der Waals surface area contributed by atoms with Crippen LogP contribution in [-0.2, 0) is 10.0 Å². The minimum absolute atomic E-state index is 0.00833. The number of nitrogens with zero attached hydrogens (tertiary/aromatic N) is 3. The van der Waals surface area contributed by atoms with E-state index in [1.165, 1.54) is 33.8 Å². The molecule has 2 heterocycles. The first kappa shape index (κ1) is 22.3. The van der Waals surface area contributed by atoms with Crippen LogP contribution in [0.3, 0.4) is 0 Å². The molecule has 1 saturated heterocycles. The molecule has 0 saturated carbocycles. The summed E-state index contributed by atoms with van der Waals surface area (Å²) in [5.41, 5.74) is 0.614. The Morgan fingerprint density at radius 1 is 1.16 bits per heavy atom. The highest BCUT2D eigenvalue weighted by atomic mass is 32.2. The number of amides is 1. The van der Waals surface area contributed by atoms with Crippen LogP contribution in [0, 0.1) is 5.82 Å². The first-order chi connectivity index (χ1) is 15.4. The third-order valence-corrected chi connectivity index (χ3v) is 8.20. The lowest BCUT2D eigenvalue weighted by Crippen LogP contribution is -2.37. The topological polar surface area (TPSA) is 101 Å². The van der Waals surface area contributed by atoms with E-state index in [-0.39, 0.29) is 34.8 Å². The van der Waals surface area contributed by atoms with Crippen molar-refractivity contribution in [2.24, 2.45) is 0 Å². The Morgan fingerprint density at radius 3 is 2.53 bits per heavy atom. The lowest BCUT2D eigenvalue weighted by Gasteiger charge is -2.30. The summed E-state index contributed by atoms with van der Waals surface area (Å²) in [6.45, 7) is 0.576. The van der Waals surface area contributed by atoms with Gasteiger partial charge >= 0.3 is 0 Å². The number of anilines is 1. The van der Waals surface area contributed by atoms with E-state index in [1.54, 1.807) is 31.4 Å². The number of piperidine rings is 1. The summed E-state index contributed by atoms with van der Waals surface area (Å²) < 4.78 is 45.4. The number of methoxy groups -OCH3 is 1. The van der Waals surface area contributed by atoms with Crippen LogP contribution < -0.4 is 10.1 Å². The number of carbonyl (C=O) groups excluding carboxylic acids is 1. The lowest BCUT2D eigenvalue weighted by atomic mass is 9.99. The quantitative estimate of drug-likeness (QED) is 0.584. The normalized spacial score (nSPS) is 15.4. The SMILES string of the molecule is COc1ccc(NC(=O)c2nnc(C3CCN(S(=O)(=O)c4cccc(F)c4)CC3)s2)cc1. The number of hydrogen-bond acceptors (Lipinski definition) is 7. The molecule has 1 aliphatic heterocycles. The summed E-state index contributed by atoms with van der Waals surface area (Å²) in [4.78, 5) is 12.4. The molecule has 11 heteroatoms. The molecule has 1 fully saturated rings. The summed E-state index contributed by atoms with van der Waals surface area (Å²) in [6.07, 6.45) is 1.09. The summed E-state index contributed by atoms with van der Waals surface area (Å²) in [6, 6.07) is 12.0. The number of hydrogen-bond donors (Lipinski definition) is 1. The summed E-state index contributed by atoms with van der Waals surface area (Å²) >= 11 is 1.20. The molecular formula is C21H21FN4O4S2. The maximum atomic E-state index is 13.5. The van der Waals surface area contributed by atoms with Crippen LogP contribution in [0.15, 0.2) is 53.4 Å². The maximum Gasteiger partial charge on any atom is 0.286 e. The van der Waals surface area contributed by atoms with Crippen LogP contribution in [0.4, 0.5) is 10.1 Å². The molecule has 1 aliphatic rings. The minimum Gasteiger partial charge on any atom is -0.497 e. The zero-order valence-corrected chi connectivity index (χ0v) is 18.8. The number of rotatable bonds is 6. The second kappa shape index (κ2) is 9.31. The molecule has 3 aromatic rings. The molecule has 1 N–H and O–H groups in total. The van der Waals surface area contributed by atoms with E-state index in [0.29, 0.717) is 29.3 Å². The zero-order chi connectivity index (χ0) is 22.7. The van der Waals surface area contributed by atoms with Crippen molar-refractivity contribution in [3.05, 3.63) is 64.4 Å². The van der Waals surface area contributed by atoms with Crippen molar-refractivity contribution in [3.63, 3.8) is 0 Å². The largest absolute Gasteiger partial charge is 0.497 e. The van der Waals surface area contributed by atoms with Gasteiger partial charge in [0.1, 0.15) is 16.6 Å². The fourth-order valence-electron chi connectivity index (χ4n) is 3.47. The molecule has 1 aromatic heterocycles. The van der Waals surface area contributed by atoms with Crippen LogP contribution in [0.25, 0.3) is 0 Å². The second-order valence-electron chi connectivity index (χ2n) is 7.26. The van der Waals surface area contributed by atoms with Gasteiger partial charge in [0.05, 0.1) is 12.0 Å². The van der Waals surface area contributed by atoms with E-state index >= 15 is 0 Å². The van der Waals surface area contributed by atoms with Gasteiger partial charge in [0.2, 0.25) is 15.0 Å². The number of benzene rings is 2. The Kier molecular flexibility index (Phi) is 6.49. The average Bonchev–Trinajstić information content (AvgIpc) is 3.30. The highest BCUT2D eigenvalue weighted by molar-refractivity contribution is 7.89. The molecule has 0 unspecified atom stereocenters. The van der Waals surface area contributed by atoms with Crippen LogP contribution in [0.5, 0.6) is 5.75 Å². The fraction of sp³-hybridized carbons (Fsp3) is 0.286. The van der Waals surface area contributed by atoms with Crippen molar-refractivity contribution < 1.29 is 22.3 Å². The zero-order valence-electron chi connectivity index (χ0n) is 17.2. The van der Waals surface area contributed by atoms with Gasteiger partial charge in [-0.2, -0.15) is 4.31 Å². The van der Waals surface area contributed by atoms with Gasteiger partial charge in [0, 0.05) is 24.7 Å².